The highest BCUT2D eigenvalue weighted by molar-refractivity contribution is 7.89. The molecule has 3 aromatic rings. The molecule has 148 valence electrons. The lowest BCUT2D eigenvalue weighted by Crippen LogP contribution is -2.28. The molecule has 10 heteroatoms. The van der Waals surface area contributed by atoms with Crippen LogP contribution in [0.15, 0.2) is 58.0 Å². The van der Waals surface area contributed by atoms with Gasteiger partial charge in [-0.1, -0.05) is 0 Å². The van der Waals surface area contributed by atoms with Crippen LogP contribution in [0.5, 0.6) is 17.4 Å². The van der Waals surface area contributed by atoms with E-state index in [0.717, 1.165) is 0 Å². The molecular formula is C18H19N3O6S. The van der Waals surface area contributed by atoms with Crippen molar-refractivity contribution >= 4 is 10.0 Å². The van der Waals surface area contributed by atoms with Gasteiger partial charge in [-0.15, -0.1) is 10.2 Å². The SMILES string of the molecule is COc1ccc(OC)c(S(=O)(=O)NCCOc2ccc(-c3ccco3)nn2)c1. The summed E-state index contributed by atoms with van der Waals surface area (Å²) in [6.07, 6.45) is 1.55. The first-order valence-corrected chi connectivity index (χ1v) is 9.74. The van der Waals surface area contributed by atoms with E-state index in [4.69, 9.17) is 18.6 Å². The van der Waals surface area contributed by atoms with Crippen molar-refractivity contribution in [2.24, 2.45) is 0 Å². The van der Waals surface area contributed by atoms with Gasteiger partial charge in [0.05, 0.1) is 20.5 Å². The zero-order valence-electron chi connectivity index (χ0n) is 15.3. The van der Waals surface area contributed by atoms with E-state index >= 15 is 0 Å². The molecule has 0 aliphatic rings. The number of nitrogens with zero attached hydrogens (tertiary/aromatic N) is 2. The molecule has 1 aromatic carbocycles. The lowest BCUT2D eigenvalue weighted by Gasteiger charge is -2.12. The number of aromatic nitrogens is 2. The van der Waals surface area contributed by atoms with Crippen molar-refractivity contribution in [3.8, 4) is 28.8 Å². The average molecular weight is 405 g/mol. The first kappa shape index (κ1) is 19.6. The number of nitrogens with one attached hydrogen (secondary N) is 1. The zero-order valence-corrected chi connectivity index (χ0v) is 16.1. The molecule has 0 spiro atoms. The number of rotatable bonds is 9. The van der Waals surface area contributed by atoms with Crippen LogP contribution in [0.25, 0.3) is 11.5 Å². The number of ether oxygens (including phenoxy) is 3. The standard InChI is InChI=1S/C18H19N3O6S/c1-24-13-5-7-16(25-2)17(12-13)28(22,23)19-9-11-27-18-8-6-14(20-21-18)15-4-3-10-26-15/h3-8,10,12,19H,9,11H2,1-2H3. The van der Waals surface area contributed by atoms with Gasteiger partial charge in [-0.2, -0.15) is 0 Å². The maximum Gasteiger partial charge on any atom is 0.244 e. The topological polar surface area (TPSA) is 113 Å². The molecular weight excluding hydrogens is 386 g/mol. The first-order valence-electron chi connectivity index (χ1n) is 8.25. The Kier molecular flexibility index (Phi) is 6.12. The predicted octanol–water partition coefficient (Wildman–Crippen LogP) is 2.11. The summed E-state index contributed by atoms with van der Waals surface area (Å²) in [7, 11) is -0.956. The number of methoxy groups -OCH3 is 2. The van der Waals surface area contributed by atoms with Gasteiger partial charge < -0.3 is 18.6 Å². The second-order valence-corrected chi connectivity index (χ2v) is 7.23. The lowest BCUT2D eigenvalue weighted by atomic mass is 10.3. The van der Waals surface area contributed by atoms with E-state index < -0.39 is 10.0 Å². The minimum absolute atomic E-state index is 0.0167. The Morgan fingerprint density at radius 3 is 2.57 bits per heavy atom. The number of hydrogen-bond donors (Lipinski definition) is 1. The van der Waals surface area contributed by atoms with Crippen molar-refractivity contribution in [2.75, 3.05) is 27.4 Å². The molecule has 2 aromatic heterocycles. The van der Waals surface area contributed by atoms with Crippen LogP contribution in [0.2, 0.25) is 0 Å². The molecule has 0 bridgehead atoms. The van der Waals surface area contributed by atoms with Crippen molar-refractivity contribution in [1.29, 1.82) is 0 Å². The number of hydrogen-bond acceptors (Lipinski definition) is 8. The van der Waals surface area contributed by atoms with Gasteiger partial charge in [-0.25, -0.2) is 13.1 Å². The fourth-order valence-corrected chi connectivity index (χ4v) is 3.55. The smallest absolute Gasteiger partial charge is 0.244 e. The van der Waals surface area contributed by atoms with Crippen LogP contribution in [0.1, 0.15) is 0 Å². The molecule has 0 atom stereocenters. The molecule has 0 saturated carbocycles. The van der Waals surface area contributed by atoms with E-state index in [1.165, 1.54) is 26.4 Å². The van der Waals surface area contributed by atoms with E-state index in [2.05, 4.69) is 14.9 Å². The second-order valence-electron chi connectivity index (χ2n) is 5.50. The second kappa shape index (κ2) is 8.72. The average Bonchev–Trinajstić information content (AvgIpc) is 3.26. The molecule has 3 rings (SSSR count). The van der Waals surface area contributed by atoms with Gasteiger partial charge in [0.15, 0.2) is 5.76 Å². The van der Waals surface area contributed by atoms with Gasteiger partial charge in [-0.3, -0.25) is 0 Å². The Labute approximate surface area is 162 Å². The van der Waals surface area contributed by atoms with Crippen LogP contribution in [-0.2, 0) is 10.0 Å². The van der Waals surface area contributed by atoms with E-state index in [1.807, 2.05) is 0 Å². The Morgan fingerprint density at radius 1 is 1.07 bits per heavy atom. The Morgan fingerprint density at radius 2 is 1.93 bits per heavy atom. The number of sulfonamides is 1. The summed E-state index contributed by atoms with van der Waals surface area (Å²) in [5.41, 5.74) is 0.572. The van der Waals surface area contributed by atoms with Crippen LogP contribution < -0.4 is 18.9 Å². The summed E-state index contributed by atoms with van der Waals surface area (Å²) >= 11 is 0. The quantitative estimate of drug-likeness (QED) is 0.539. The normalized spacial score (nSPS) is 11.2. The van der Waals surface area contributed by atoms with Crippen LogP contribution >= 0.6 is 0 Å². The summed E-state index contributed by atoms with van der Waals surface area (Å²) in [4.78, 5) is -0.0167. The van der Waals surface area contributed by atoms with Crippen molar-refractivity contribution in [1.82, 2.24) is 14.9 Å². The Bertz CT molecular complexity index is 1000. The highest BCUT2D eigenvalue weighted by atomic mass is 32.2. The molecule has 28 heavy (non-hydrogen) atoms. The van der Waals surface area contributed by atoms with Crippen molar-refractivity contribution in [3.63, 3.8) is 0 Å². The Balaban J connectivity index is 1.57. The van der Waals surface area contributed by atoms with Gasteiger partial charge in [0.1, 0.15) is 28.7 Å². The molecule has 2 heterocycles. The molecule has 0 aliphatic heterocycles. The summed E-state index contributed by atoms with van der Waals surface area (Å²) in [5.74, 6) is 1.49. The predicted molar refractivity (Wildman–Crippen MR) is 100.0 cm³/mol. The fraction of sp³-hybridized carbons (Fsp3) is 0.222. The lowest BCUT2D eigenvalue weighted by molar-refractivity contribution is 0.307. The van der Waals surface area contributed by atoms with E-state index in [0.29, 0.717) is 17.2 Å². The molecule has 0 saturated heterocycles. The zero-order chi connectivity index (χ0) is 20.0. The van der Waals surface area contributed by atoms with Gasteiger partial charge >= 0.3 is 0 Å². The maximum absolute atomic E-state index is 12.5. The molecule has 1 N–H and O–H groups in total. The molecule has 0 radical (unpaired) electrons. The van der Waals surface area contributed by atoms with E-state index in [-0.39, 0.29) is 29.7 Å². The van der Waals surface area contributed by atoms with Crippen LogP contribution in [0.3, 0.4) is 0 Å². The van der Waals surface area contributed by atoms with Crippen molar-refractivity contribution in [2.45, 2.75) is 4.90 Å². The third-order valence-corrected chi connectivity index (χ3v) is 5.20. The first-order chi connectivity index (χ1) is 13.5. The maximum atomic E-state index is 12.5. The molecule has 0 unspecified atom stereocenters. The fourth-order valence-electron chi connectivity index (χ4n) is 2.36. The van der Waals surface area contributed by atoms with Crippen LogP contribution in [0, 0.1) is 0 Å². The van der Waals surface area contributed by atoms with Crippen LogP contribution in [-0.4, -0.2) is 46.0 Å². The number of furan rings is 1. The number of benzene rings is 1. The minimum atomic E-state index is -3.81. The van der Waals surface area contributed by atoms with E-state index in [9.17, 15) is 8.42 Å². The van der Waals surface area contributed by atoms with Gasteiger partial charge in [0.2, 0.25) is 15.9 Å². The van der Waals surface area contributed by atoms with Gasteiger partial charge in [0, 0.05) is 18.7 Å². The van der Waals surface area contributed by atoms with Crippen LogP contribution in [0.4, 0.5) is 0 Å². The molecule has 0 aliphatic carbocycles. The van der Waals surface area contributed by atoms with Crippen molar-refractivity contribution < 1.29 is 27.0 Å². The van der Waals surface area contributed by atoms with Gasteiger partial charge in [-0.05, 0) is 30.3 Å². The largest absolute Gasteiger partial charge is 0.497 e. The van der Waals surface area contributed by atoms with Gasteiger partial charge in [0.25, 0.3) is 0 Å². The summed E-state index contributed by atoms with van der Waals surface area (Å²) in [6.45, 7) is 0.102. The molecule has 0 fully saturated rings. The third-order valence-electron chi connectivity index (χ3n) is 3.72. The molecule has 0 amide bonds. The Hall–Kier alpha value is -3.11. The summed E-state index contributed by atoms with van der Waals surface area (Å²) in [6, 6.07) is 11.4. The summed E-state index contributed by atoms with van der Waals surface area (Å²) < 4.78 is 48.4. The highest BCUT2D eigenvalue weighted by Gasteiger charge is 2.20. The monoisotopic (exact) mass is 405 g/mol. The third kappa shape index (κ3) is 4.59. The molecule has 9 nitrogen and oxygen atoms in total. The highest BCUT2D eigenvalue weighted by Crippen LogP contribution is 2.27. The minimum Gasteiger partial charge on any atom is -0.497 e. The summed E-state index contributed by atoms with van der Waals surface area (Å²) in [5, 5.41) is 7.93. The van der Waals surface area contributed by atoms with Crippen molar-refractivity contribution in [3.05, 3.63) is 48.7 Å². The van der Waals surface area contributed by atoms with E-state index in [1.54, 1.807) is 36.6 Å².